The molecule has 15 aliphatic rings. The molecule has 33 heteroatoms. The first-order valence-electron chi connectivity index (χ1n) is 55.5. The fourth-order valence-electron chi connectivity index (χ4n) is 27.8. The zero-order valence-electron chi connectivity index (χ0n) is 85.7. The molecule has 0 amide bonds. The molecule has 0 atom stereocenters. The van der Waals surface area contributed by atoms with Crippen LogP contribution in [0.1, 0.15) is 294 Å². The second kappa shape index (κ2) is 40.9. The van der Waals surface area contributed by atoms with Crippen molar-refractivity contribution in [1.82, 2.24) is 98.1 Å². The Hall–Kier alpha value is -12.0. The SMILES string of the molecule is CC1(C)CN(c2ccc(Nc3ncc4cc5n(c4n3)C3(CCCCC3)CCC5=O)nc2)CCN1C1CC1.CC1CCN(C2CCN(c3ccc(Nc4ncc5cc6n(c5n4)C4(CCCCC4)CCC6=O)nc3)CC2)CC1.O=C1CCC2(CCCCC2)n2c1cc1cnc(Nc3ccc(N4CCC(N5CCOCC5)CC4)cn3)nc12.O=C1CCC2(CCCCC2)n2c1cc1cnc(Nc3ccc(N4CCNCC4)cn3)nc12. The summed E-state index contributed by atoms with van der Waals surface area (Å²) in [6, 6.07) is 26.7. The minimum absolute atomic E-state index is 0.0178. The highest BCUT2D eigenvalue weighted by molar-refractivity contribution is 6.03. The number of nitrogens with zero attached hydrogens (tertiary/aromatic N) is 23. The maximum absolute atomic E-state index is 12.8. The molecule has 0 bridgehead atoms. The van der Waals surface area contributed by atoms with E-state index in [9.17, 15) is 19.2 Å². The van der Waals surface area contributed by atoms with Crippen molar-refractivity contribution in [2.75, 3.05) is 152 Å². The molecule has 11 fully saturated rings. The normalized spacial score (nSPS) is 22.4. The highest BCUT2D eigenvalue weighted by Crippen LogP contribution is 2.51. The number of hydrogen-bond acceptors (Lipinski definition) is 29. The Morgan fingerprint density at radius 2 is 0.623 bits per heavy atom. The van der Waals surface area contributed by atoms with Gasteiger partial charge in [-0.3, -0.25) is 29.0 Å². The van der Waals surface area contributed by atoms with Crippen LogP contribution in [0.15, 0.2) is 122 Å². The number of piperazine rings is 2. The molecule has 6 saturated heterocycles. The van der Waals surface area contributed by atoms with Crippen LogP contribution in [0.2, 0.25) is 0 Å². The number of carbonyl (C=O) groups is 4. The zero-order valence-corrected chi connectivity index (χ0v) is 85.7. The van der Waals surface area contributed by atoms with Gasteiger partial charge in [0.25, 0.3) is 0 Å². The molecule has 33 nitrogen and oxygen atoms in total. The van der Waals surface area contributed by atoms with E-state index in [0.717, 1.165) is 301 Å². The summed E-state index contributed by atoms with van der Waals surface area (Å²) in [6.07, 6.45) is 55.4. The largest absolute Gasteiger partial charge is 0.379 e. The number of fused-ring (bicyclic) bond motifs is 16. The van der Waals surface area contributed by atoms with Gasteiger partial charge in [-0.15, -0.1) is 0 Å². The summed E-state index contributed by atoms with van der Waals surface area (Å²) < 4.78 is 14.6. The topological polar surface area (TPSA) is 335 Å². The zero-order chi connectivity index (χ0) is 98.7. The van der Waals surface area contributed by atoms with Crippen molar-refractivity contribution in [1.29, 1.82) is 0 Å². The highest BCUT2D eigenvalue weighted by atomic mass is 16.5. The first-order chi connectivity index (χ1) is 71.4. The Morgan fingerprint density at radius 1 is 0.315 bits per heavy atom. The Labute approximate surface area is 855 Å². The molecule has 12 aromatic heterocycles. The van der Waals surface area contributed by atoms with Crippen molar-refractivity contribution in [3.8, 4) is 0 Å². The van der Waals surface area contributed by atoms with Crippen molar-refractivity contribution < 1.29 is 23.9 Å². The molecule has 10 aliphatic heterocycles. The summed E-state index contributed by atoms with van der Waals surface area (Å²) in [7, 11) is 0. The fourth-order valence-corrected chi connectivity index (χ4v) is 27.8. The van der Waals surface area contributed by atoms with Crippen LogP contribution in [0.25, 0.3) is 44.1 Å². The molecular weight excluding hydrogens is 1830 g/mol. The summed E-state index contributed by atoms with van der Waals surface area (Å²) >= 11 is 0. The number of Topliss-reactive ketones (excluding diaryl/α,β-unsaturated/α-hetero) is 4. The Morgan fingerprint density at radius 3 is 0.925 bits per heavy atom. The quantitative estimate of drug-likeness (QED) is 0.0636. The van der Waals surface area contributed by atoms with Gasteiger partial charge in [-0.1, -0.05) is 84.0 Å². The second-order valence-corrected chi connectivity index (χ2v) is 45.5. The van der Waals surface area contributed by atoms with Crippen LogP contribution in [0.3, 0.4) is 0 Å². The molecule has 146 heavy (non-hydrogen) atoms. The maximum Gasteiger partial charge on any atom is 0.230 e. The van der Waals surface area contributed by atoms with E-state index in [1.54, 1.807) is 0 Å². The Balaban J connectivity index is 0.000000105. The number of nitrogens with one attached hydrogen (secondary N) is 5. The van der Waals surface area contributed by atoms with Crippen molar-refractivity contribution >= 4 is 137 Å². The number of morpholine rings is 1. The maximum atomic E-state index is 12.8. The third-order valence-electron chi connectivity index (χ3n) is 35.9. The number of carbonyl (C=O) groups excluding carboxylic acids is 4. The van der Waals surface area contributed by atoms with Crippen molar-refractivity contribution in [3.63, 3.8) is 0 Å². The number of hydrogen-bond donors (Lipinski definition) is 5. The number of pyridine rings is 4. The smallest absolute Gasteiger partial charge is 0.230 e. The van der Waals surface area contributed by atoms with Crippen molar-refractivity contribution in [2.45, 2.75) is 298 Å². The standard InChI is InChI=1S/C31H41N7O.C29H37N7O2.C29H37N7O.C24H29N7O/c1-22-8-15-36(16-9-22)24-10-17-37(18-11-24)25-5-6-28(32-21-25)34-30-33-20-23-19-26-27(39)7-14-31(12-3-2-4-13-31)38(26)29(23)35-30;37-25-6-11-29(9-2-1-3-10-29)36-24(25)18-21-19-31-28(33-27(21)36)32-26-5-4-23(20-30-26)34-12-7-22(8-13-34)35-14-16-38-17-15-35;1-28(2)19-34(14-15-35(28)21-6-7-21)22-8-9-25(30-18-22)32-27-31-17-20-16-23-24(37)10-13-29(11-4-3-5-12-29)36(23)26(20)33-27;32-20-6-9-24(7-2-1-3-8-24)31-19(20)14-17-15-27-23(29-22(17)31)28-21-5-4-18(16-26-21)30-12-10-25-11-13-30/h5-6,19-22,24H,2-4,7-18H2,1H3,(H,32,33,34,35);4-5,18-20,22H,1-3,6-17H2,(H,30,31,32,33);8-9,16-18,21H,3-7,10-15,19H2,1-2H3,(H,30,31,32,33);4-5,14-16,25H,1-3,6-13H2,(H,26,27,28,29). The number of aromatic nitrogens is 16. The first kappa shape index (κ1) is 96.1. The van der Waals surface area contributed by atoms with E-state index in [-0.39, 0.29) is 50.8 Å². The third-order valence-corrected chi connectivity index (χ3v) is 35.9. The number of ketones is 4. The van der Waals surface area contributed by atoms with E-state index in [1.807, 2.05) is 98.1 Å². The lowest BCUT2D eigenvalue weighted by Crippen LogP contribution is -2.60. The van der Waals surface area contributed by atoms with E-state index in [0.29, 0.717) is 55.5 Å². The van der Waals surface area contributed by atoms with Gasteiger partial charge in [0.2, 0.25) is 23.8 Å². The summed E-state index contributed by atoms with van der Waals surface area (Å²) in [5.74, 6) is 6.80. The molecule has 0 radical (unpaired) electrons. The summed E-state index contributed by atoms with van der Waals surface area (Å²) in [6.45, 7) is 24.9. The predicted molar refractivity (Wildman–Crippen MR) is 573 cm³/mol. The van der Waals surface area contributed by atoms with Crippen LogP contribution in [0.5, 0.6) is 0 Å². The number of ether oxygens (including phenoxy) is 1. The highest BCUT2D eigenvalue weighted by Gasteiger charge is 2.48. The van der Waals surface area contributed by atoms with Gasteiger partial charge in [-0.05, 0) is 234 Å². The molecule has 4 spiro atoms. The second-order valence-electron chi connectivity index (χ2n) is 45.5. The van der Waals surface area contributed by atoms with Crippen molar-refractivity contribution in [2.24, 2.45) is 5.92 Å². The molecule has 0 unspecified atom stereocenters. The molecule has 22 heterocycles. The predicted octanol–water partition coefficient (Wildman–Crippen LogP) is 19.3. The van der Waals surface area contributed by atoms with Crippen LogP contribution in [0, 0.1) is 5.92 Å². The van der Waals surface area contributed by atoms with E-state index >= 15 is 0 Å². The van der Waals surface area contributed by atoms with Crippen LogP contribution < -0.4 is 46.2 Å². The molecule has 5 N–H and O–H groups in total. The van der Waals surface area contributed by atoms with Crippen LogP contribution in [0.4, 0.5) is 69.8 Å². The molecule has 12 aromatic rings. The molecular formula is C113H144N28O5. The average molecular weight is 1970 g/mol. The fraction of sp³-hybridized carbons (Fsp3) is 0.575. The van der Waals surface area contributed by atoms with Crippen LogP contribution >= 0.6 is 0 Å². The van der Waals surface area contributed by atoms with E-state index in [2.05, 4.69) is 154 Å². The molecule has 5 aliphatic carbocycles. The lowest BCUT2D eigenvalue weighted by atomic mass is 9.75. The minimum atomic E-state index is 0.0178. The van der Waals surface area contributed by atoms with E-state index in [4.69, 9.17) is 34.6 Å². The lowest BCUT2D eigenvalue weighted by molar-refractivity contribution is 0.0115. The van der Waals surface area contributed by atoms with E-state index in [1.165, 1.54) is 147 Å². The van der Waals surface area contributed by atoms with Gasteiger partial charge in [-0.2, -0.15) is 19.9 Å². The van der Waals surface area contributed by atoms with Gasteiger partial charge < -0.3 is 74.1 Å². The summed E-state index contributed by atoms with van der Waals surface area (Å²) in [4.78, 5) is 125. The van der Waals surface area contributed by atoms with Crippen molar-refractivity contribution in [3.05, 3.63) is 145 Å². The lowest BCUT2D eigenvalue weighted by Gasteiger charge is -2.48. The molecule has 766 valence electrons. The van der Waals surface area contributed by atoms with E-state index < -0.39 is 0 Å². The molecule has 27 rings (SSSR count). The first-order valence-corrected chi connectivity index (χ1v) is 55.5. The van der Waals surface area contributed by atoms with Gasteiger partial charge in [0, 0.05) is 203 Å². The number of piperidine rings is 3. The van der Waals surface area contributed by atoms with Gasteiger partial charge in [0.05, 0.1) is 83.5 Å². The molecule has 0 aromatic carbocycles. The van der Waals surface area contributed by atoms with Crippen LogP contribution in [-0.4, -0.2) is 251 Å². The summed E-state index contributed by atoms with van der Waals surface area (Å²) in [5.41, 5.74) is 11.6. The van der Waals surface area contributed by atoms with Gasteiger partial charge in [-0.25, -0.2) is 39.9 Å². The van der Waals surface area contributed by atoms with Gasteiger partial charge in [0.15, 0.2) is 23.1 Å². The average Bonchev–Trinajstić information content (AvgIpc) is 1.58. The number of rotatable bonds is 15. The Kier molecular flexibility index (Phi) is 26.9. The van der Waals surface area contributed by atoms with Crippen LogP contribution in [-0.2, 0) is 26.9 Å². The van der Waals surface area contributed by atoms with Gasteiger partial charge >= 0.3 is 0 Å². The third kappa shape index (κ3) is 19.5. The molecule has 5 saturated carbocycles. The monoisotopic (exact) mass is 1970 g/mol. The number of likely N-dealkylation sites (tertiary alicyclic amines) is 1. The minimum Gasteiger partial charge on any atom is -0.379 e. The Bertz CT molecular complexity index is 6710. The van der Waals surface area contributed by atoms with Gasteiger partial charge in [0.1, 0.15) is 45.9 Å². The number of anilines is 12. The summed E-state index contributed by atoms with van der Waals surface area (Å²) in [5, 5.41) is 20.3.